The lowest BCUT2D eigenvalue weighted by Crippen LogP contribution is -2.33. The molecule has 1 aromatic heterocycles. The number of aliphatic hydroxyl groups excluding tert-OH is 1. The third-order valence-corrected chi connectivity index (χ3v) is 12.9. The highest BCUT2D eigenvalue weighted by Crippen LogP contribution is 2.74. The molecule has 0 spiro atoms. The Hall–Kier alpha value is -0.290. The maximum absolute atomic E-state index is 12.6. The average molecular weight is 498 g/mol. The minimum absolute atomic E-state index is 0.0176. The molecule has 1 aromatic rings. The second kappa shape index (κ2) is 7.76. The van der Waals surface area contributed by atoms with Gasteiger partial charge in [-0.05, 0) is 29.4 Å². The van der Waals surface area contributed by atoms with Gasteiger partial charge in [0.1, 0.15) is 12.3 Å². The molecule has 2 aliphatic rings. The van der Waals surface area contributed by atoms with E-state index in [2.05, 4.69) is 9.50 Å². The molecule has 1 fully saturated rings. The van der Waals surface area contributed by atoms with Crippen molar-refractivity contribution >= 4 is 43.7 Å². The van der Waals surface area contributed by atoms with E-state index in [1.165, 1.54) is 13.1 Å². The lowest BCUT2D eigenvalue weighted by molar-refractivity contribution is -0.0408. The largest absolute Gasteiger partial charge is 0.397 e. The van der Waals surface area contributed by atoms with E-state index >= 15 is 0 Å². The van der Waals surface area contributed by atoms with Gasteiger partial charge in [-0.2, -0.15) is 9.37 Å². The van der Waals surface area contributed by atoms with Crippen molar-refractivity contribution in [2.24, 2.45) is 4.52 Å². The number of aryl methyl sites for hydroxylation is 1. The van der Waals surface area contributed by atoms with Crippen molar-refractivity contribution < 1.29 is 28.4 Å². The van der Waals surface area contributed by atoms with Gasteiger partial charge in [0.2, 0.25) is 5.91 Å². The Kier molecular flexibility index (Phi) is 6.20. The molecule has 0 radical (unpaired) electrons. The van der Waals surface area contributed by atoms with E-state index in [9.17, 15) is 28.7 Å². The number of hydrogen-bond acceptors (Lipinski definition) is 7. The molecule has 0 bridgehead atoms. The number of hydrogen-bond donors (Lipinski definition) is 5. The van der Waals surface area contributed by atoms with E-state index in [-0.39, 0.29) is 12.0 Å². The molecule has 0 aromatic carbocycles. The first kappa shape index (κ1) is 22.4. The van der Waals surface area contributed by atoms with Crippen LogP contribution >= 0.6 is 43.7 Å². The highest BCUT2D eigenvalue weighted by molar-refractivity contribution is 8.14. The summed E-state index contributed by atoms with van der Waals surface area (Å²) in [5, 5.41) is 10.2. The summed E-state index contributed by atoms with van der Waals surface area (Å²) in [5.41, 5.74) is -1.00. The first-order chi connectivity index (χ1) is 12.8. The Bertz CT molecular complexity index is 1050. The lowest BCUT2D eigenvalue weighted by Gasteiger charge is -2.28. The Morgan fingerprint density at radius 2 is 2.07 bits per heavy atom. The number of nitrogens with zero attached hydrogens (tertiary/aromatic N) is 2. The number of aromatic nitrogens is 2. The van der Waals surface area contributed by atoms with Crippen molar-refractivity contribution in [3.63, 3.8) is 0 Å². The molecule has 2 unspecified atom stereocenters. The van der Waals surface area contributed by atoms with Crippen LogP contribution in [0.1, 0.15) is 18.2 Å². The van der Waals surface area contributed by atoms with Gasteiger partial charge in [0.25, 0.3) is 5.56 Å². The van der Waals surface area contributed by atoms with Crippen LogP contribution in [0.3, 0.4) is 0 Å². The molecule has 3 rings (SSSR count). The molecule has 18 heteroatoms. The van der Waals surface area contributed by atoms with Crippen LogP contribution in [0.2, 0.25) is 0 Å². The first-order valence-corrected chi connectivity index (χ1v) is 14.4. The normalized spacial score (nSPS) is 37.5. The number of ether oxygens (including phenoxy) is 1. The zero-order valence-corrected chi connectivity index (χ0v) is 18.3. The van der Waals surface area contributed by atoms with Gasteiger partial charge in [-0.25, -0.2) is 9.36 Å². The SMILES string of the molecule is Cc1cn([C@H]2C[C@@H](O)[C@@H](COP3(=O)N=P(Cl)(Cl)NP(=O)(O)N3)O2)c(=O)[nH]c1=O. The van der Waals surface area contributed by atoms with Crippen molar-refractivity contribution in [3.05, 3.63) is 32.6 Å². The molecule has 13 nitrogen and oxygen atoms in total. The summed E-state index contributed by atoms with van der Waals surface area (Å²) in [4.78, 5) is 38.9. The van der Waals surface area contributed by atoms with E-state index in [0.29, 0.717) is 0 Å². The number of aliphatic hydroxyl groups is 1. The average Bonchev–Trinajstić information content (AvgIpc) is 2.86. The number of rotatable bonds is 4. The smallest absolute Gasteiger partial charge is 0.390 e. The third-order valence-electron chi connectivity index (χ3n) is 3.82. The van der Waals surface area contributed by atoms with E-state index < -0.39 is 57.5 Å². The molecule has 0 aliphatic carbocycles. The molecule has 158 valence electrons. The molecule has 2 aliphatic heterocycles. The summed E-state index contributed by atoms with van der Waals surface area (Å²) < 4.78 is 39.6. The summed E-state index contributed by atoms with van der Waals surface area (Å²) in [6.07, 6.45) is -1.81. The molecule has 3 heterocycles. The summed E-state index contributed by atoms with van der Waals surface area (Å²) in [7, 11) is -8.64. The van der Waals surface area contributed by atoms with Gasteiger partial charge in [-0.3, -0.25) is 23.4 Å². The highest BCUT2D eigenvalue weighted by atomic mass is 35.9. The molecule has 5 atom stereocenters. The van der Waals surface area contributed by atoms with Crippen molar-refractivity contribution in [1.29, 1.82) is 0 Å². The van der Waals surface area contributed by atoms with Crippen molar-refractivity contribution in [2.75, 3.05) is 6.61 Å². The molecule has 5 N–H and O–H groups in total. The van der Waals surface area contributed by atoms with Gasteiger partial charge in [0.05, 0.1) is 12.7 Å². The first-order valence-electron chi connectivity index (χ1n) is 7.64. The Morgan fingerprint density at radius 3 is 2.71 bits per heavy atom. The van der Waals surface area contributed by atoms with Crippen molar-refractivity contribution in [2.45, 2.75) is 31.8 Å². The molecule has 0 amide bonds. The third kappa shape index (κ3) is 5.06. The van der Waals surface area contributed by atoms with E-state index in [1.54, 1.807) is 0 Å². The fourth-order valence-corrected chi connectivity index (χ4v) is 12.3. The quantitative estimate of drug-likeness (QED) is 0.380. The Labute approximate surface area is 167 Å². The zero-order valence-electron chi connectivity index (χ0n) is 14.1. The van der Waals surface area contributed by atoms with Gasteiger partial charge < -0.3 is 14.7 Å². The van der Waals surface area contributed by atoms with Crippen LogP contribution in [0.25, 0.3) is 0 Å². The van der Waals surface area contributed by atoms with Crippen LogP contribution in [0.15, 0.2) is 20.3 Å². The van der Waals surface area contributed by atoms with Gasteiger partial charge in [0, 0.05) is 18.2 Å². The lowest BCUT2D eigenvalue weighted by atomic mass is 10.2. The van der Waals surface area contributed by atoms with Crippen LogP contribution in [-0.2, 0) is 18.4 Å². The molecule has 28 heavy (non-hydrogen) atoms. The summed E-state index contributed by atoms with van der Waals surface area (Å²) in [6.45, 7) is 0.994. The van der Waals surface area contributed by atoms with Crippen LogP contribution in [-0.4, -0.2) is 38.4 Å². The van der Waals surface area contributed by atoms with Crippen LogP contribution in [0.5, 0.6) is 0 Å². The predicted octanol–water partition coefficient (Wildman–Crippen LogP) is 1.34. The van der Waals surface area contributed by atoms with Crippen molar-refractivity contribution in [1.82, 2.24) is 19.3 Å². The zero-order chi connectivity index (χ0) is 20.9. The van der Waals surface area contributed by atoms with E-state index in [1.807, 2.05) is 9.72 Å². The number of nitrogens with one attached hydrogen (secondary N) is 3. The second-order valence-electron chi connectivity index (χ2n) is 6.08. The topological polar surface area (TPSA) is 184 Å². The monoisotopic (exact) mass is 497 g/mol. The number of halogens is 2. The van der Waals surface area contributed by atoms with Gasteiger partial charge >= 0.3 is 21.0 Å². The minimum atomic E-state index is -4.36. The van der Waals surface area contributed by atoms with Gasteiger partial charge in [0.15, 0.2) is 0 Å². The molecule has 0 saturated carbocycles. The molecular weight excluding hydrogens is 482 g/mol. The minimum Gasteiger partial charge on any atom is -0.390 e. The van der Waals surface area contributed by atoms with Crippen molar-refractivity contribution in [3.8, 4) is 0 Å². The fourth-order valence-electron chi connectivity index (χ4n) is 2.61. The Balaban J connectivity index is 1.74. The van der Waals surface area contributed by atoms with E-state index in [0.717, 1.165) is 4.57 Å². The fraction of sp³-hybridized carbons (Fsp3) is 0.600. The van der Waals surface area contributed by atoms with Crippen LogP contribution in [0, 0.1) is 6.92 Å². The molecule has 1 saturated heterocycles. The number of aromatic amines is 1. The van der Waals surface area contributed by atoms with E-state index in [4.69, 9.17) is 31.7 Å². The summed E-state index contributed by atoms with van der Waals surface area (Å²) >= 11 is 11.5. The maximum atomic E-state index is 12.6. The molecular formula is C10H16Cl2N5O8P3. The highest BCUT2D eigenvalue weighted by Gasteiger charge is 2.45. The summed E-state index contributed by atoms with van der Waals surface area (Å²) in [5.74, 6) is -3.56. The maximum Gasteiger partial charge on any atom is 0.397 e. The predicted molar refractivity (Wildman–Crippen MR) is 101 cm³/mol. The van der Waals surface area contributed by atoms with Gasteiger partial charge in [-0.15, -0.1) is 4.86 Å². The second-order valence-corrected chi connectivity index (χ2v) is 15.3. The summed E-state index contributed by atoms with van der Waals surface area (Å²) in [6, 6.07) is 0. The van der Waals surface area contributed by atoms with Gasteiger partial charge in [-0.1, -0.05) is 0 Å². The van der Waals surface area contributed by atoms with Crippen LogP contribution in [0.4, 0.5) is 0 Å². The standard InChI is InChI=1S/C10H16Cl2N5O8P3/c1-5-3-17(10(20)13-9(5)19)8-2-6(18)7(25-8)4-24-28(23)15-26(11,12)14-27(21,22)16-28/h3,6-8,18H,2,4H2,1H3,(H,13,19,20)(H3,14,16,21,22,23)/t6-,7-,8-,28?/m1/s1. The number of H-pyrrole nitrogens is 1. The Morgan fingerprint density at radius 1 is 1.39 bits per heavy atom. The van der Waals surface area contributed by atoms with Crippen LogP contribution < -0.4 is 21.0 Å².